The summed E-state index contributed by atoms with van der Waals surface area (Å²) in [5.41, 5.74) is 0.941. The fraction of sp³-hybridized carbons (Fsp3) is 0.267. The van der Waals surface area contributed by atoms with E-state index < -0.39 is 23.3 Å². The van der Waals surface area contributed by atoms with Gasteiger partial charge in [-0.2, -0.15) is 13.2 Å². The van der Waals surface area contributed by atoms with Crippen LogP contribution in [0, 0.1) is 13.8 Å². The molecule has 0 unspecified atom stereocenters. The van der Waals surface area contributed by atoms with Gasteiger partial charge in [0.2, 0.25) is 0 Å². The highest BCUT2D eigenvalue weighted by molar-refractivity contribution is 5.89. The lowest BCUT2D eigenvalue weighted by molar-refractivity contribution is -0.138. The maximum absolute atomic E-state index is 12.8. The van der Waals surface area contributed by atoms with E-state index >= 15 is 0 Å². The quantitative estimate of drug-likeness (QED) is 0.934. The molecule has 0 fully saturated rings. The van der Waals surface area contributed by atoms with E-state index in [0.29, 0.717) is 0 Å². The van der Waals surface area contributed by atoms with Crippen LogP contribution in [0.15, 0.2) is 30.6 Å². The minimum atomic E-state index is -4.68. The Morgan fingerprint density at radius 3 is 2.19 bits per heavy atom. The van der Waals surface area contributed by atoms with Crippen molar-refractivity contribution in [3.8, 4) is 0 Å². The number of carboxylic acids is 1. The second kappa shape index (κ2) is 5.27. The molecule has 2 rings (SSSR count). The van der Waals surface area contributed by atoms with Gasteiger partial charge in [0, 0.05) is 18.9 Å². The summed E-state index contributed by atoms with van der Waals surface area (Å²) in [5, 5.41) is 8.90. The van der Waals surface area contributed by atoms with Crippen LogP contribution in [0.3, 0.4) is 0 Å². The first kappa shape index (κ1) is 15.2. The minimum absolute atomic E-state index is 0.203. The molecule has 0 amide bonds. The van der Waals surface area contributed by atoms with Gasteiger partial charge in [0.25, 0.3) is 0 Å². The molecule has 0 aliphatic heterocycles. The zero-order chi connectivity index (χ0) is 15.8. The van der Waals surface area contributed by atoms with Gasteiger partial charge in [-0.25, -0.2) is 4.79 Å². The van der Waals surface area contributed by atoms with E-state index in [1.165, 1.54) is 4.57 Å². The summed E-state index contributed by atoms with van der Waals surface area (Å²) in [7, 11) is 0. The first-order chi connectivity index (χ1) is 9.70. The summed E-state index contributed by atoms with van der Waals surface area (Å²) in [6.07, 6.45) is -2.81. The van der Waals surface area contributed by atoms with Crippen LogP contribution in [0.25, 0.3) is 0 Å². The molecule has 0 aliphatic carbocycles. The predicted molar refractivity (Wildman–Crippen MR) is 71.4 cm³/mol. The molecule has 21 heavy (non-hydrogen) atoms. The van der Waals surface area contributed by atoms with Gasteiger partial charge in [0.1, 0.15) is 0 Å². The normalized spacial score (nSPS) is 11.7. The molecule has 1 aromatic heterocycles. The number of rotatable bonds is 3. The standard InChI is InChI=1S/C15H14F3NO2/c1-9-4-3-5-10(2)11(9)6-19-7-12(14(20)21)13(8-19)15(16,17)18/h3-5,7-8H,6H2,1-2H3,(H,20,21). The van der Waals surface area contributed by atoms with Crippen molar-refractivity contribution in [2.75, 3.05) is 0 Å². The predicted octanol–water partition coefficient (Wildman–Crippen LogP) is 3.87. The molecule has 0 saturated carbocycles. The number of halogens is 3. The van der Waals surface area contributed by atoms with E-state index in [9.17, 15) is 18.0 Å². The van der Waals surface area contributed by atoms with Crippen molar-refractivity contribution in [1.29, 1.82) is 0 Å². The number of aryl methyl sites for hydroxylation is 2. The second-order valence-electron chi connectivity index (χ2n) is 4.93. The highest BCUT2D eigenvalue weighted by atomic mass is 19.4. The van der Waals surface area contributed by atoms with Crippen molar-refractivity contribution in [1.82, 2.24) is 4.57 Å². The van der Waals surface area contributed by atoms with Gasteiger partial charge in [-0.3, -0.25) is 0 Å². The van der Waals surface area contributed by atoms with Crippen LogP contribution in [0.5, 0.6) is 0 Å². The smallest absolute Gasteiger partial charge is 0.418 e. The van der Waals surface area contributed by atoms with Crippen molar-refractivity contribution in [3.63, 3.8) is 0 Å². The van der Waals surface area contributed by atoms with Gasteiger partial charge in [-0.1, -0.05) is 18.2 Å². The molecule has 1 aromatic carbocycles. The molecule has 0 atom stereocenters. The van der Waals surface area contributed by atoms with Crippen molar-refractivity contribution in [2.24, 2.45) is 0 Å². The highest BCUT2D eigenvalue weighted by Gasteiger charge is 2.37. The van der Waals surface area contributed by atoms with Gasteiger partial charge >= 0.3 is 12.1 Å². The van der Waals surface area contributed by atoms with E-state index in [1.807, 2.05) is 32.0 Å². The van der Waals surface area contributed by atoms with Crippen LogP contribution < -0.4 is 0 Å². The van der Waals surface area contributed by atoms with Crippen molar-refractivity contribution in [3.05, 3.63) is 58.4 Å². The average Bonchev–Trinajstić information content (AvgIpc) is 2.78. The molecule has 0 spiro atoms. The SMILES string of the molecule is Cc1cccc(C)c1Cn1cc(C(=O)O)c(C(F)(F)F)c1. The summed E-state index contributed by atoms with van der Waals surface area (Å²) in [6.45, 7) is 3.94. The van der Waals surface area contributed by atoms with Gasteiger partial charge < -0.3 is 9.67 Å². The number of aromatic nitrogens is 1. The summed E-state index contributed by atoms with van der Waals surface area (Å²) >= 11 is 0. The lowest BCUT2D eigenvalue weighted by Crippen LogP contribution is -2.09. The fourth-order valence-electron chi connectivity index (χ4n) is 2.28. The number of hydrogen-bond acceptors (Lipinski definition) is 1. The molecule has 3 nitrogen and oxygen atoms in total. The van der Waals surface area contributed by atoms with Crippen LogP contribution in [0.1, 0.15) is 32.6 Å². The zero-order valence-electron chi connectivity index (χ0n) is 11.5. The Morgan fingerprint density at radius 2 is 1.76 bits per heavy atom. The van der Waals surface area contributed by atoms with E-state index in [-0.39, 0.29) is 6.54 Å². The first-order valence-electron chi connectivity index (χ1n) is 6.25. The van der Waals surface area contributed by atoms with E-state index in [2.05, 4.69) is 0 Å². The summed E-state index contributed by atoms with van der Waals surface area (Å²) in [5.74, 6) is -1.58. The Bertz CT molecular complexity index is 666. The third-order valence-electron chi connectivity index (χ3n) is 3.40. The van der Waals surface area contributed by atoms with Gasteiger partial charge in [-0.05, 0) is 30.5 Å². The summed E-state index contributed by atoms with van der Waals surface area (Å²) < 4.78 is 39.8. The molecule has 112 valence electrons. The lowest BCUT2D eigenvalue weighted by Gasteiger charge is -2.10. The molecule has 1 heterocycles. The van der Waals surface area contributed by atoms with Gasteiger partial charge in [-0.15, -0.1) is 0 Å². The monoisotopic (exact) mass is 297 g/mol. The number of nitrogens with zero attached hydrogens (tertiary/aromatic N) is 1. The lowest BCUT2D eigenvalue weighted by atomic mass is 10.0. The molecule has 1 N–H and O–H groups in total. The Morgan fingerprint density at radius 1 is 1.19 bits per heavy atom. The molecule has 0 bridgehead atoms. The van der Waals surface area contributed by atoms with Crippen molar-refractivity contribution in [2.45, 2.75) is 26.6 Å². The maximum Gasteiger partial charge on any atom is 0.418 e. The molecule has 0 aliphatic rings. The van der Waals surface area contributed by atoms with Crippen LogP contribution in [-0.2, 0) is 12.7 Å². The van der Waals surface area contributed by atoms with Crippen LogP contribution in [-0.4, -0.2) is 15.6 Å². The number of carbonyl (C=O) groups is 1. The third-order valence-corrected chi connectivity index (χ3v) is 3.40. The zero-order valence-corrected chi connectivity index (χ0v) is 11.5. The van der Waals surface area contributed by atoms with Crippen LogP contribution in [0.4, 0.5) is 13.2 Å². The topological polar surface area (TPSA) is 42.2 Å². The first-order valence-corrected chi connectivity index (χ1v) is 6.25. The van der Waals surface area contributed by atoms with Crippen LogP contribution in [0.2, 0.25) is 0 Å². The Hall–Kier alpha value is -2.24. The fourth-order valence-corrected chi connectivity index (χ4v) is 2.28. The number of benzene rings is 1. The van der Waals surface area contributed by atoms with E-state index in [1.54, 1.807) is 0 Å². The maximum atomic E-state index is 12.8. The summed E-state index contributed by atoms with van der Waals surface area (Å²) in [4.78, 5) is 11.0. The Kier molecular flexibility index (Phi) is 3.80. The largest absolute Gasteiger partial charge is 0.478 e. The number of alkyl halides is 3. The van der Waals surface area contributed by atoms with Gasteiger partial charge in [0.15, 0.2) is 0 Å². The summed E-state index contributed by atoms with van der Waals surface area (Å²) in [6, 6.07) is 5.61. The molecular formula is C15H14F3NO2. The van der Waals surface area contributed by atoms with E-state index in [0.717, 1.165) is 29.1 Å². The number of aromatic carboxylic acids is 1. The molecule has 0 saturated heterocycles. The molecule has 2 aromatic rings. The van der Waals surface area contributed by atoms with Crippen molar-refractivity contribution < 1.29 is 23.1 Å². The second-order valence-corrected chi connectivity index (χ2v) is 4.93. The van der Waals surface area contributed by atoms with Crippen molar-refractivity contribution >= 4 is 5.97 Å². The molecular weight excluding hydrogens is 283 g/mol. The Labute approximate surface area is 119 Å². The molecule has 6 heteroatoms. The number of carboxylic acid groups (broad SMARTS) is 1. The minimum Gasteiger partial charge on any atom is -0.478 e. The Balaban J connectivity index is 2.45. The van der Waals surface area contributed by atoms with E-state index in [4.69, 9.17) is 5.11 Å². The molecule has 0 radical (unpaired) electrons. The number of hydrogen-bond donors (Lipinski definition) is 1. The average molecular weight is 297 g/mol. The van der Waals surface area contributed by atoms with Gasteiger partial charge in [0.05, 0.1) is 11.1 Å². The third kappa shape index (κ3) is 3.09. The highest BCUT2D eigenvalue weighted by Crippen LogP contribution is 2.33. The van der Waals surface area contributed by atoms with Crippen LogP contribution >= 0.6 is 0 Å².